The van der Waals surface area contributed by atoms with Gasteiger partial charge >= 0.3 is 0 Å². The van der Waals surface area contributed by atoms with E-state index in [1.165, 1.54) is 11.3 Å². The molecule has 0 aliphatic carbocycles. The Hall–Kier alpha value is -2.25. The minimum atomic E-state index is 0.794. The zero-order valence-electron chi connectivity index (χ0n) is 14.7. The Labute approximate surface area is 151 Å². The van der Waals surface area contributed by atoms with Gasteiger partial charge in [-0.15, -0.1) is 0 Å². The number of nitrogens with zero attached hydrogens (tertiary/aromatic N) is 1. The second kappa shape index (κ2) is 12.2. The van der Waals surface area contributed by atoms with Crippen LogP contribution in [0, 0.1) is 0 Å². The van der Waals surface area contributed by atoms with Gasteiger partial charge in [-0.05, 0) is 36.2 Å². The Morgan fingerprint density at radius 2 is 1.08 bits per heavy atom. The number of para-hydroxylation sites is 1. The SMILES string of the molecule is CCc1ccccc1.CN(C)c1ccccc1.Clc1ccccc1. The quantitative estimate of drug-likeness (QED) is 0.526. The van der Waals surface area contributed by atoms with Gasteiger partial charge in [0, 0.05) is 24.8 Å². The zero-order chi connectivity index (χ0) is 17.6. The van der Waals surface area contributed by atoms with E-state index in [4.69, 9.17) is 11.6 Å². The first-order valence-electron chi connectivity index (χ1n) is 8.10. The average molecular weight is 340 g/mol. The van der Waals surface area contributed by atoms with Crippen molar-refractivity contribution in [3.63, 3.8) is 0 Å². The topological polar surface area (TPSA) is 3.24 Å². The predicted octanol–water partition coefficient (Wildman–Crippen LogP) is 6.34. The zero-order valence-corrected chi connectivity index (χ0v) is 15.4. The van der Waals surface area contributed by atoms with Gasteiger partial charge in [-0.3, -0.25) is 0 Å². The highest BCUT2D eigenvalue weighted by molar-refractivity contribution is 6.30. The molecule has 24 heavy (non-hydrogen) atoms. The van der Waals surface area contributed by atoms with E-state index in [9.17, 15) is 0 Å². The van der Waals surface area contributed by atoms with Crippen LogP contribution in [0.5, 0.6) is 0 Å². The number of anilines is 1. The summed E-state index contributed by atoms with van der Waals surface area (Å²) in [5, 5.41) is 0.794. The summed E-state index contributed by atoms with van der Waals surface area (Å²) < 4.78 is 0. The summed E-state index contributed by atoms with van der Waals surface area (Å²) in [6.07, 6.45) is 1.14. The van der Waals surface area contributed by atoms with Gasteiger partial charge in [0.15, 0.2) is 0 Å². The lowest BCUT2D eigenvalue weighted by Crippen LogP contribution is -2.07. The molecule has 0 spiro atoms. The first kappa shape index (κ1) is 19.8. The summed E-state index contributed by atoms with van der Waals surface area (Å²) in [5.41, 5.74) is 2.66. The highest BCUT2D eigenvalue weighted by atomic mass is 35.5. The van der Waals surface area contributed by atoms with E-state index in [0.29, 0.717) is 0 Å². The molecule has 0 fully saturated rings. The fraction of sp³-hybridized carbons (Fsp3) is 0.182. The van der Waals surface area contributed by atoms with Crippen molar-refractivity contribution in [3.8, 4) is 0 Å². The molecule has 0 atom stereocenters. The van der Waals surface area contributed by atoms with E-state index >= 15 is 0 Å². The van der Waals surface area contributed by atoms with Crippen LogP contribution in [0.3, 0.4) is 0 Å². The maximum absolute atomic E-state index is 5.54. The molecule has 0 aliphatic rings. The fourth-order valence-corrected chi connectivity index (χ4v) is 2.00. The third kappa shape index (κ3) is 9.02. The molecule has 1 nitrogen and oxygen atoms in total. The number of aryl methyl sites for hydroxylation is 1. The first-order chi connectivity index (χ1) is 11.6. The highest BCUT2D eigenvalue weighted by Gasteiger charge is 1.87. The largest absolute Gasteiger partial charge is 0.378 e. The van der Waals surface area contributed by atoms with E-state index in [0.717, 1.165) is 11.4 Å². The smallest absolute Gasteiger partial charge is 0.0405 e. The van der Waals surface area contributed by atoms with Crippen molar-refractivity contribution >= 4 is 17.3 Å². The maximum Gasteiger partial charge on any atom is 0.0405 e. The van der Waals surface area contributed by atoms with E-state index in [-0.39, 0.29) is 0 Å². The average Bonchev–Trinajstić information content (AvgIpc) is 2.65. The molecule has 126 valence electrons. The lowest BCUT2D eigenvalue weighted by Gasteiger charge is -2.10. The molecule has 3 aromatic carbocycles. The minimum Gasteiger partial charge on any atom is -0.378 e. The van der Waals surface area contributed by atoms with Crippen LogP contribution >= 0.6 is 11.6 Å². The summed E-state index contributed by atoms with van der Waals surface area (Å²) in [4.78, 5) is 2.08. The van der Waals surface area contributed by atoms with E-state index in [1.54, 1.807) is 0 Å². The van der Waals surface area contributed by atoms with Gasteiger partial charge in [0.1, 0.15) is 0 Å². The van der Waals surface area contributed by atoms with Crippen LogP contribution in [0.4, 0.5) is 5.69 Å². The van der Waals surface area contributed by atoms with Crippen molar-refractivity contribution in [2.75, 3.05) is 19.0 Å². The van der Waals surface area contributed by atoms with Crippen molar-refractivity contribution in [1.29, 1.82) is 0 Å². The summed E-state index contributed by atoms with van der Waals surface area (Å²) in [6.45, 7) is 2.16. The van der Waals surface area contributed by atoms with Crippen LogP contribution in [0.1, 0.15) is 12.5 Å². The number of benzene rings is 3. The second-order valence-corrected chi connectivity index (χ2v) is 5.80. The van der Waals surface area contributed by atoms with Crippen molar-refractivity contribution in [3.05, 3.63) is 102 Å². The normalized spacial score (nSPS) is 9.00. The first-order valence-corrected chi connectivity index (χ1v) is 8.48. The van der Waals surface area contributed by atoms with Crippen LogP contribution in [0.15, 0.2) is 91.0 Å². The fourth-order valence-electron chi connectivity index (χ4n) is 1.85. The Kier molecular flexibility index (Phi) is 10.1. The molecular formula is C22H26ClN. The van der Waals surface area contributed by atoms with Crippen molar-refractivity contribution in [2.24, 2.45) is 0 Å². The van der Waals surface area contributed by atoms with Crippen molar-refractivity contribution in [1.82, 2.24) is 0 Å². The predicted molar refractivity (Wildman–Crippen MR) is 108 cm³/mol. The van der Waals surface area contributed by atoms with E-state index < -0.39 is 0 Å². The van der Waals surface area contributed by atoms with Crippen LogP contribution in [0.25, 0.3) is 0 Å². The number of rotatable bonds is 2. The molecule has 2 heteroatoms. The van der Waals surface area contributed by atoms with Gasteiger partial charge in [0.05, 0.1) is 0 Å². The number of hydrogen-bond acceptors (Lipinski definition) is 1. The lowest BCUT2D eigenvalue weighted by atomic mass is 10.2. The van der Waals surface area contributed by atoms with Gasteiger partial charge in [-0.25, -0.2) is 0 Å². The molecule has 3 rings (SSSR count). The van der Waals surface area contributed by atoms with Crippen LogP contribution in [0.2, 0.25) is 5.02 Å². The Balaban J connectivity index is 0.000000181. The third-order valence-corrected chi connectivity index (χ3v) is 3.51. The van der Waals surface area contributed by atoms with Gasteiger partial charge in [0.25, 0.3) is 0 Å². The Morgan fingerprint density at radius 1 is 0.667 bits per heavy atom. The Bertz CT molecular complexity index is 637. The molecule has 0 saturated carbocycles. The molecular weight excluding hydrogens is 314 g/mol. The van der Waals surface area contributed by atoms with Crippen LogP contribution < -0.4 is 4.90 Å². The number of hydrogen-bond donors (Lipinski definition) is 0. The monoisotopic (exact) mass is 339 g/mol. The molecule has 0 N–H and O–H groups in total. The molecule has 0 heterocycles. The molecule has 0 aliphatic heterocycles. The van der Waals surface area contributed by atoms with E-state index in [2.05, 4.69) is 48.2 Å². The summed E-state index contributed by atoms with van der Waals surface area (Å²) in [7, 11) is 4.07. The summed E-state index contributed by atoms with van der Waals surface area (Å²) in [6, 6.07) is 30.2. The molecule has 0 bridgehead atoms. The van der Waals surface area contributed by atoms with Gasteiger partial charge < -0.3 is 4.90 Å². The van der Waals surface area contributed by atoms with Gasteiger partial charge in [0.2, 0.25) is 0 Å². The number of halogens is 1. The molecule has 0 saturated heterocycles. The summed E-state index contributed by atoms with van der Waals surface area (Å²) >= 11 is 5.54. The Morgan fingerprint density at radius 3 is 1.33 bits per heavy atom. The van der Waals surface area contributed by atoms with Crippen molar-refractivity contribution in [2.45, 2.75) is 13.3 Å². The van der Waals surface area contributed by atoms with Crippen molar-refractivity contribution < 1.29 is 0 Å². The molecule has 3 aromatic rings. The molecule has 0 radical (unpaired) electrons. The van der Waals surface area contributed by atoms with Gasteiger partial charge in [-0.2, -0.15) is 0 Å². The minimum absolute atomic E-state index is 0.794. The highest BCUT2D eigenvalue weighted by Crippen LogP contribution is 2.07. The molecule has 0 aromatic heterocycles. The molecule has 0 unspecified atom stereocenters. The van der Waals surface area contributed by atoms with E-state index in [1.807, 2.05) is 68.7 Å². The van der Waals surface area contributed by atoms with Crippen LogP contribution in [-0.2, 0) is 6.42 Å². The standard InChI is InChI=1S/C8H11N.C8H10.C6H5Cl/c1-9(2)8-6-4-3-5-7-8;1-2-8-6-4-3-5-7-8;7-6-4-2-1-3-5-6/h3-7H,1-2H3;3-7H,2H2,1H3;1-5H. The maximum atomic E-state index is 5.54. The second-order valence-electron chi connectivity index (χ2n) is 5.36. The third-order valence-electron chi connectivity index (χ3n) is 3.26. The summed E-state index contributed by atoms with van der Waals surface area (Å²) in [5.74, 6) is 0. The molecule has 0 amide bonds. The van der Waals surface area contributed by atoms with Gasteiger partial charge in [-0.1, -0.05) is 85.3 Å². The lowest BCUT2D eigenvalue weighted by molar-refractivity contribution is 1.13. The van der Waals surface area contributed by atoms with Crippen LogP contribution in [-0.4, -0.2) is 14.1 Å².